The summed E-state index contributed by atoms with van der Waals surface area (Å²) in [5.74, 6) is -6.13. The fourth-order valence-electron chi connectivity index (χ4n) is 4.15. The van der Waals surface area contributed by atoms with Gasteiger partial charge in [-0.2, -0.15) is 0 Å². The van der Waals surface area contributed by atoms with E-state index in [1.54, 1.807) is 24.3 Å². The highest BCUT2D eigenvalue weighted by Gasteiger charge is 2.38. The van der Waals surface area contributed by atoms with Gasteiger partial charge in [0.1, 0.15) is 0 Å². The van der Waals surface area contributed by atoms with Gasteiger partial charge in [0.15, 0.2) is 5.92 Å². The summed E-state index contributed by atoms with van der Waals surface area (Å²) in [4.78, 5) is 45.4. The normalized spacial score (nSPS) is 18.2. The smallest absolute Gasteiger partial charge is 0.318 e. The van der Waals surface area contributed by atoms with E-state index >= 15 is 0 Å². The molecule has 0 saturated heterocycles. The SMILES string of the molecule is O=C(O)CCCCCNS(=O)(=O)/C=C/c1ccc(NC(=O)C2CCC(C(C(=O)O)C(=O)O)CC2)cc1. The first-order valence-corrected chi connectivity index (χ1v) is 13.3. The molecular weight excluding hydrogens is 492 g/mol. The van der Waals surface area contributed by atoms with E-state index in [1.165, 1.54) is 6.08 Å². The Bertz CT molecular complexity index is 1050. The van der Waals surface area contributed by atoms with Gasteiger partial charge in [-0.1, -0.05) is 18.6 Å². The van der Waals surface area contributed by atoms with Gasteiger partial charge in [-0.3, -0.25) is 19.2 Å². The van der Waals surface area contributed by atoms with Gasteiger partial charge >= 0.3 is 17.9 Å². The van der Waals surface area contributed by atoms with Gasteiger partial charge < -0.3 is 20.6 Å². The highest BCUT2D eigenvalue weighted by atomic mass is 32.2. The molecule has 1 saturated carbocycles. The van der Waals surface area contributed by atoms with Crippen molar-refractivity contribution >= 4 is 45.6 Å². The van der Waals surface area contributed by atoms with Gasteiger partial charge in [-0.25, -0.2) is 13.1 Å². The van der Waals surface area contributed by atoms with Crippen LogP contribution in [0.2, 0.25) is 0 Å². The van der Waals surface area contributed by atoms with Gasteiger partial charge in [0, 0.05) is 30.0 Å². The number of hydrogen-bond donors (Lipinski definition) is 5. The second-order valence-corrected chi connectivity index (χ2v) is 10.5. The quantitative estimate of drug-likeness (QED) is 0.180. The number of rotatable bonds is 14. The molecule has 0 atom stereocenters. The lowest BCUT2D eigenvalue weighted by atomic mass is 9.75. The third kappa shape index (κ3) is 9.78. The maximum absolute atomic E-state index is 12.6. The molecule has 0 unspecified atom stereocenters. The number of carbonyl (C=O) groups is 4. The van der Waals surface area contributed by atoms with Crippen molar-refractivity contribution in [1.29, 1.82) is 0 Å². The number of benzene rings is 1. The average molecular weight is 525 g/mol. The van der Waals surface area contributed by atoms with Crippen LogP contribution in [0, 0.1) is 17.8 Å². The zero-order valence-electron chi connectivity index (χ0n) is 19.8. The summed E-state index contributed by atoms with van der Waals surface area (Å²) in [6, 6.07) is 6.57. The summed E-state index contributed by atoms with van der Waals surface area (Å²) in [7, 11) is -3.64. The largest absolute Gasteiger partial charge is 0.481 e. The zero-order chi connectivity index (χ0) is 26.7. The highest BCUT2D eigenvalue weighted by Crippen LogP contribution is 2.34. The van der Waals surface area contributed by atoms with Gasteiger partial charge in [-0.05, 0) is 68.2 Å². The highest BCUT2D eigenvalue weighted by molar-refractivity contribution is 7.92. The third-order valence-electron chi connectivity index (χ3n) is 6.13. The number of nitrogens with one attached hydrogen (secondary N) is 2. The standard InChI is InChI=1S/C24H32N2O9S/c27-20(28)4-2-1-3-14-25-36(34,35)15-13-16-5-11-19(12-6-16)26-22(29)18-9-7-17(8-10-18)21(23(30)31)24(32)33/h5-6,11-13,15,17-18,21,25H,1-4,7-10,14H2,(H,26,29)(H,27,28)(H,30,31)(H,32,33)/b15-13+. The fraction of sp³-hybridized carbons (Fsp3) is 0.500. The summed E-state index contributed by atoms with van der Waals surface area (Å²) in [5, 5.41) is 30.7. The molecule has 36 heavy (non-hydrogen) atoms. The van der Waals surface area contributed by atoms with Crippen LogP contribution in [-0.2, 0) is 29.2 Å². The Balaban J connectivity index is 1.79. The Morgan fingerprint density at radius 2 is 1.53 bits per heavy atom. The van der Waals surface area contributed by atoms with E-state index in [0.29, 0.717) is 56.2 Å². The molecule has 11 nitrogen and oxygen atoms in total. The van der Waals surface area contributed by atoms with E-state index < -0.39 is 39.8 Å². The van der Waals surface area contributed by atoms with Crippen LogP contribution in [-0.4, -0.2) is 54.1 Å². The first-order valence-electron chi connectivity index (χ1n) is 11.7. The van der Waals surface area contributed by atoms with E-state index in [0.717, 1.165) is 5.41 Å². The van der Waals surface area contributed by atoms with Gasteiger partial charge in [0.25, 0.3) is 0 Å². The predicted octanol–water partition coefficient (Wildman–Crippen LogP) is 2.75. The molecule has 1 fully saturated rings. The molecule has 1 aromatic rings. The minimum absolute atomic E-state index is 0.0598. The summed E-state index contributed by atoms with van der Waals surface area (Å²) in [6.45, 7) is 0.215. The molecule has 198 valence electrons. The van der Waals surface area contributed by atoms with Crippen molar-refractivity contribution in [1.82, 2.24) is 4.72 Å². The molecule has 1 aliphatic rings. The number of carbonyl (C=O) groups excluding carboxylic acids is 1. The number of sulfonamides is 1. The maximum Gasteiger partial charge on any atom is 0.318 e. The van der Waals surface area contributed by atoms with Crippen molar-refractivity contribution in [2.45, 2.75) is 51.4 Å². The van der Waals surface area contributed by atoms with E-state index in [1.807, 2.05) is 0 Å². The van der Waals surface area contributed by atoms with Crippen molar-refractivity contribution < 1.29 is 42.9 Å². The van der Waals surface area contributed by atoms with Crippen molar-refractivity contribution in [3.05, 3.63) is 35.2 Å². The molecule has 0 bridgehead atoms. The number of hydrogen-bond acceptors (Lipinski definition) is 6. The molecule has 1 amide bonds. The predicted molar refractivity (Wildman–Crippen MR) is 131 cm³/mol. The van der Waals surface area contributed by atoms with Crippen LogP contribution in [0.3, 0.4) is 0 Å². The number of anilines is 1. The number of carboxylic acid groups (broad SMARTS) is 3. The van der Waals surface area contributed by atoms with Gasteiger partial charge in [0.2, 0.25) is 15.9 Å². The average Bonchev–Trinajstić information content (AvgIpc) is 2.80. The first kappa shape index (κ1) is 29.0. The number of amides is 1. The molecule has 0 spiro atoms. The van der Waals surface area contributed by atoms with Crippen molar-refractivity contribution in [3.63, 3.8) is 0 Å². The van der Waals surface area contributed by atoms with Crippen molar-refractivity contribution in [2.24, 2.45) is 17.8 Å². The second-order valence-electron chi connectivity index (χ2n) is 8.82. The first-order chi connectivity index (χ1) is 17.0. The Morgan fingerprint density at radius 1 is 0.917 bits per heavy atom. The van der Waals surface area contributed by atoms with E-state index in [-0.39, 0.29) is 24.8 Å². The van der Waals surface area contributed by atoms with Gasteiger partial charge in [0.05, 0.1) is 0 Å². The van der Waals surface area contributed by atoms with Crippen LogP contribution in [0.1, 0.15) is 56.9 Å². The van der Waals surface area contributed by atoms with Crippen molar-refractivity contribution in [3.8, 4) is 0 Å². The van der Waals surface area contributed by atoms with Crippen LogP contribution in [0.25, 0.3) is 6.08 Å². The molecular formula is C24H32N2O9S. The Morgan fingerprint density at radius 3 is 2.08 bits per heavy atom. The van der Waals surface area contributed by atoms with E-state index in [9.17, 15) is 27.6 Å². The van der Waals surface area contributed by atoms with Crippen LogP contribution in [0.5, 0.6) is 0 Å². The second kappa shape index (κ2) is 13.7. The van der Waals surface area contributed by atoms with Crippen LogP contribution in [0.4, 0.5) is 5.69 Å². The lowest BCUT2D eigenvalue weighted by Crippen LogP contribution is -2.35. The van der Waals surface area contributed by atoms with Crippen LogP contribution < -0.4 is 10.0 Å². The lowest BCUT2D eigenvalue weighted by molar-refractivity contribution is -0.158. The maximum atomic E-state index is 12.6. The number of unbranched alkanes of at least 4 members (excludes halogenated alkanes) is 2. The summed E-state index contributed by atoms with van der Waals surface area (Å²) in [5.41, 5.74) is 1.13. The molecule has 1 aromatic carbocycles. The van der Waals surface area contributed by atoms with Crippen LogP contribution >= 0.6 is 0 Å². The third-order valence-corrected chi connectivity index (χ3v) is 7.24. The summed E-state index contributed by atoms with van der Waals surface area (Å²) >= 11 is 0. The molecule has 1 aliphatic carbocycles. The van der Waals surface area contributed by atoms with Crippen LogP contribution in [0.15, 0.2) is 29.7 Å². The molecule has 0 aliphatic heterocycles. The zero-order valence-corrected chi connectivity index (χ0v) is 20.6. The number of carboxylic acids is 3. The molecule has 0 radical (unpaired) electrons. The molecule has 2 rings (SSSR count). The minimum Gasteiger partial charge on any atom is -0.481 e. The topological polar surface area (TPSA) is 187 Å². The Labute approximate surface area is 209 Å². The lowest BCUT2D eigenvalue weighted by Gasteiger charge is -2.29. The monoisotopic (exact) mass is 524 g/mol. The molecule has 0 aromatic heterocycles. The van der Waals surface area contributed by atoms with E-state index in [4.69, 9.17) is 15.3 Å². The Hall–Kier alpha value is -3.25. The van der Waals surface area contributed by atoms with Gasteiger partial charge in [-0.15, -0.1) is 0 Å². The summed E-state index contributed by atoms with van der Waals surface area (Å²) in [6.07, 6.45) is 4.61. The Kier molecular flexibility index (Phi) is 11.1. The minimum atomic E-state index is -3.64. The fourth-order valence-corrected chi connectivity index (χ4v) is 5.02. The van der Waals surface area contributed by atoms with Crippen molar-refractivity contribution in [2.75, 3.05) is 11.9 Å². The summed E-state index contributed by atoms with van der Waals surface area (Å²) < 4.78 is 26.5. The molecule has 12 heteroatoms. The van der Waals surface area contributed by atoms with E-state index in [2.05, 4.69) is 10.0 Å². The number of aliphatic carboxylic acids is 3. The molecule has 0 heterocycles. The molecule has 5 N–H and O–H groups in total.